The monoisotopic (exact) mass is 475 g/mol. The molecule has 2 heterocycles. The molecule has 182 valence electrons. The van der Waals surface area contributed by atoms with Crippen molar-refractivity contribution >= 4 is 30.2 Å². The Labute approximate surface area is 204 Å². The zero-order chi connectivity index (χ0) is 25.2. The molecule has 0 atom stereocenters. The fraction of sp³-hybridized carbons (Fsp3) is 0.346. The third-order valence-electron chi connectivity index (χ3n) is 6.41. The van der Waals surface area contributed by atoms with E-state index in [4.69, 9.17) is 14.0 Å². The molecule has 0 spiro atoms. The van der Waals surface area contributed by atoms with Crippen molar-refractivity contribution in [3.05, 3.63) is 81.3 Å². The number of nitrogens with one attached hydrogen (secondary N) is 2. The Morgan fingerprint density at radius 3 is 2.49 bits per heavy atom. The van der Waals surface area contributed by atoms with Crippen LogP contribution in [0.25, 0.3) is 17.0 Å². The molecule has 2 N–H and O–H groups in total. The number of hydrogen-bond acceptors (Lipinski definition) is 6. The predicted molar refractivity (Wildman–Crippen MR) is 136 cm³/mol. The molecular formula is C26H30BN3O5. The van der Waals surface area contributed by atoms with Crippen LogP contribution in [0.15, 0.2) is 58.8 Å². The van der Waals surface area contributed by atoms with Crippen LogP contribution >= 0.6 is 0 Å². The molecule has 8 nitrogen and oxygen atoms in total. The predicted octanol–water partition coefficient (Wildman–Crippen LogP) is 4.17. The van der Waals surface area contributed by atoms with Gasteiger partial charge in [0.05, 0.1) is 22.1 Å². The van der Waals surface area contributed by atoms with Crippen molar-refractivity contribution in [2.45, 2.75) is 52.4 Å². The van der Waals surface area contributed by atoms with Crippen LogP contribution in [0.2, 0.25) is 0 Å². The molecule has 1 fully saturated rings. The lowest BCUT2D eigenvalue weighted by Crippen LogP contribution is -2.41. The minimum Gasteiger partial charge on any atom is -0.445 e. The molecule has 1 saturated heterocycles. The van der Waals surface area contributed by atoms with Gasteiger partial charge in [0.25, 0.3) is 5.56 Å². The van der Waals surface area contributed by atoms with Gasteiger partial charge in [0.1, 0.15) is 12.4 Å². The van der Waals surface area contributed by atoms with E-state index in [1.807, 2.05) is 70.2 Å². The van der Waals surface area contributed by atoms with E-state index >= 15 is 0 Å². The minimum atomic E-state index is -0.681. The zero-order valence-corrected chi connectivity index (χ0v) is 20.7. The third-order valence-corrected chi connectivity index (χ3v) is 6.41. The first-order valence-electron chi connectivity index (χ1n) is 11.6. The molecule has 9 heteroatoms. The van der Waals surface area contributed by atoms with Crippen LogP contribution in [-0.2, 0) is 20.7 Å². The van der Waals surface area contributed by atoms with E-state index in [-0.39, 0.29) is 18.7 Å². The largest absolute Gasteiger partial charge is 0.492 e. The molecule has 1 aliphatic rings. The maximum atomic E-state index is 12.4. The maximum Gasteiger partial charge on any atom is 0.492 e. The Balaban J connectivity index is 1.57. The first-order valence-corrected chi connectivity index (χ1v) is 11.6. The standard InChI is InChI=1S/C26H30BN3O5/c1-17-29-22-12-11-19(14-21(22)23(31)30-17)13-20(27-34-25(2,3)26(4,5)35-27)15-28-24(32)33-16-18-9-7-6-8-10-18/h6-14H,15-16H2,1-5H3,(H,28,32)(H,29,30,31). The molecule has 0 bridgehead atoms. The fourth-order valence-electron chi connectivity index (χ4n) is 3.72. The van der Waals surface area contributed by atoms with Crippen molar-refractivity contribution in [2.24, 2.45) is 0 Å². The highest BCUT2D eigenvalue weighted by molar-refractivity contribution is 6.56. The smallest absolute Gasteiger partial charge is 0.445 e. The molecule has 4 rings (SSSR count). The van der Waals surface area contributed by atoms with Crippen LogP contribution in [0.1, 0.15) is 44.6 Å². The Bertz CT molecular complexity index is 1300. The molecular weight excluding hydrogens is 445 g/mol. The van der Waals surface area contributed by atoms with Gasteiger partial charge in [-0.1, -0.05) is 42.5 Å². The fourth-order valence-corrected chi connectivity index (χ4v) is 3.72. The first-order chi connectivity index (χ1) is 16.5. The summed E-state index contributed by atoms with van der Waals surface area (Å²) in [6, 6.07) is 14.9. The number of amides is 1. The molecule has 0 unspecified atom stereocenters. The van der Waals surface area contributed by atoms with Gasteiger partial charge in [-0.05, 0) is 63.4 Å². The molecule has 0 saturated carbocycles. The number of aromatic nitrogens is 2. The molecule has 3 aromatic rings. The highest BCUT2D eigenvalue weighted by Crippen LogP contribution is 2.38. The number of benzene rings is 2. The minimum absolute atomic E-state index is 0.144. The quantitative estimate of drug-likeness (QED) is 0.519. The van der Waals surface area contributed by atoms with Gasteiger partial charge in [-0.15, -0.1) is 0 Å². The number of fused-ring (bicyclic) bond motifs is 1. The average molecular weight is 475 g/mol. The van der Waals surface area contributed by atoms with Crippen molar-refractivity contribution in [2.75, 3.05) is 6.54 Å². The Morgan fingerprint density at radius 2 is 1.80 bits per heavy atom. The maximum absolute atomic E-state index is 12.4. The second-order valence-corrected chi connectivity index (χ2v) is 9.65. The summed E-state index contributed by atoms with van der Waals surface area (Å²) >= 11 is 0. The summed E-state index contributed by atoms with van der Waals surface area (Å²) in [7, 11) is -0.681. The number of H-pyrrole nitrogens is 1. The molecule has 2 aromatic carbocycles. The second kappa shape index (κ2) is 9.68. The summed E-state index contributed by atoms with van der Waals surface area (Å²) in [5.41, 5.74) is 1.66. The van der Waals surface area contributed by atoms with Gasteiger partial charge >= 0.3 is 13.2 Å². The first kappa shape index (κ1) is 24.7. The third kappa shape index (κ3) is 5.63. The van der Waals surface area contributed by atoms with Crippen molar-refractivity contribution in [3.63, 3.8) is 0 Å². The molecule has 0 aliphatic carbocycles. The molecule has 35 heavy (non-hydrogen) atoms. The summed E-state index contributed by atoms with van der Waals surface area (Å²) < 4.78 is 17.8. The van der Waals surface area contributed by atoms with Gasteiger partial charge < -0.3 is 24.3 Å². The van der Waals surface area contributed by atoms with Crippen LogP contribution < -0.4 is 10.9 Å². The van der Waals surface area contributed by atoms with Gasteiger partial charge in [-0.3, -0.25) is 4.79 Å². The number of hydrogen-bond donors (Lipinski definition) is 2. The lowest BCUT2D eigenvalue weighted by atomic mass is 9.77. The summed E-state index contributed by atoms with van der Waals surface area (Å²) in [4.78, 5) is 31.9. The van der Waals surface area contributed by atoms with Gasteiger partial charge in [0.2, 0.25) is 0 Å². The van der Waals surface area contributed by atoms with Crippen LogP contribution in [0.4, 0.5) is 4.79 Å². The SMILES string of the molecule is Cc1nc2ccc(C=C(CNC(=O)OCc3ccccc3)B3OC(C)(C)C(C)(C)O3)cc2c(=O)[nH]1. The van der Waals surface area contributed by atoms with E-state index in [0.29, 0.717) is 22.2 Å². The van der Waals surface area contributed by atoms with Gasteiger partial charge in [-0.25, -0.2) is 9.78 Å². The van der Waals surface area contributed by atoms with Crippen molar-refractivity contribution in [1.82, 2.24) is 15.3 Å². The van der Waals surface area contributed by atoms with Crippen molar-refractivity contribution in [1.29, 1.82) is 0 Å². The molecule has 1 aromatic heterocycles. The summed E-state index contributed by atoms with van der Waals surface area (Å²) in [6.45, 7) is 9.93. The number of carbonyl (C=O) groups is 1. The van der Waals surface area contributed by atoms with E-state index in [9.17, 15) is 9.59 Å². The normalized spacial score (nSPS) is 16.9. The van der Waals surface area contributed by atoms with Crippen molar-refractivity contribution in [3.8, 4) is 0 Å². The van der Waals surface area contributed by atoms with E-state index in [1.54, 1.807) is 19.1 Å². The Kier molecular flexibility index (Phi) is 6.83. The topological polar surface area (TPSA) is 103 Å². The van der Waals surface area contributed by atoms with Gasteiger partial charge in [-0.2, -0.15) is 0 Å². The highest BCUT2D eigenvalue weighted by atomic mass is 16.7. The van der Waals surface area contributed by atoms with E-state index in [1.165, 1.54) is 0 Å². The lowest BCUT2D eigenvalue weighted by molar-refractivity contribution is 0.00578. The average Bonchev–Trinajstić information content (AvgIpc) is 3.02. The molecule has 0 radical (unpaired) electrons. The molecule has 1 amide bonds. The van der Waals surface area contributed by atoms with Crippen molar-refractivity contribution < 1.29 is 18.8 Å². The number of ether oxygens (including phenoxy) is 1. The summed E-state index contributed by atoms with van der Waals surface area (Å²) in [5, 5.41) is 3.27. The van der Waals surface area contributed by atoms with Crippen LogP contribution in [0.5, 0.6) is 0 Å². The van der Waals surface area contributed by atoms with Gasteiger partial charge in [0.15, 0.2) is 0 Å². The van der Waals surface area contributed by atoms with Crippen LogP contribution in [0, 0.1) is 6.92 Å². The number of carbonyl (C=O) groups excluding carboxylic acids is 1. The summed E-state index contributed by atoms with van der Waals surface area (Å²) in [6.07, 6.45) is 1.31. The summed E-state index contributed by atoms with van der Waals surface area (Å²) in [5.74, 6) is 0.557. The number of aryl methyl sites for hydroxylation is 1. The Morgan fingerprint density at radius 1 is 1.11 bits per heavy atom. The number of rotatable bonds is 6. The zero-order valence-electron chi connectivity index (χ0n) is 20.7. The number of alkyl carbamates (subject to hydrolysis) is 1. The van der Waals surface area contributed by atoms with E-state index in [0.717, 1.165) is 11.1 Å². The van der Waals surface area contributed by atoms with E-state index < -0.39 is 24.4 Å². The molecule has 1 aliphatic heterocycles. The van der Waals surface area contributed by atoms with Crippen LogP contribution in [-0.4, -0.2) is 40.9 Å². The Hall–Kier alpha value is -3.43. The number of nitrogens with zero attached hydrogens (tertiary/aromatic N) is 1. The van der Waals surface area contributed by atoms with Crippen LogP contribution in [0.3, 0.4) is 0 Å². The number of aromatic amines is 1. The highest BCUT2D eigenvalue weighted by Gasteiger charge is 2.52. The second-order valence-electron chi connectivity index (χ2n) is 9.65. The van der Waals surface area contributed by atoms with E-state index in [2.05, 4.69) is 15.3 Å². The van der Waals surface area contributed by atoms with Gasteiger partial charge in [0, 0.05) is 6.54 Å². The lowest BCUT2D eigenvalue weighted by Gasteiger charge is -2.32.